The van der Waals surface area contributed by atoms with Gasteiger partial charge in [-0.05, 0) is 12.8 Å². The molecular weight excluding hydrogens is 140 g/mol. The van der Waals surface area contributed by atoms with Gasteiger partial charge >= 0.3 is 5.97 Å². The third-order valence-electron chi connectivity index (χ3n) is 1.89. The van der Waals surface area contributed by atoms with Crippen LogP contribution in [0.5, 0.6) is 0 Å². The van der Waals surface area contributed by atoms with Crippen LogP contribution in [0.4, 0.5) is 0 Å². The van der Waals surface area contributed by atoms with E-state index in [9.17, 15) is 4.79 Å². The summed E-state index contributed by atoms with van der Waals surface area (Å²) in [6, 6.07) is 0. The molecule has 0 radical (unpaired) electrons. The van der Waals surface area contributed by atoms with E-state index in [1.165, 1.54) is 0 Å². The molecular formula is C9H18O2. The monoisotopic (exact) mass is 158 g/mol. The fourth-order valence-electron chi connectivity index (χ4n) is 1.19. The van der Waals surface area contributed by atoms with Crippen molar-refractivity contribution in [3.8, 4) is 0 Å². The number of unbranched alkanes of at least 4 members (excludes halogenated alkanes) is 1. The highest BCUT2D eigenvalue weighted by Crippen LogP contribution is 2.14. The summed E-state index contributed by atoms with van der Waals surface area (Å²) in [5.41, 5.74) is 0. The molecule has 0 fully saturated rings. The lowest BCUT2D eigenvalue weighted by Gasteiger charge is -2.08. The van der Waals surface area contributed by atoms with Crippen LogP contribution in [0.3, 0.4) is 0 Å². The molecule has 0 amide bonds. The van der Waals surface area contributed by atoms with Crippen LogP contribution < -0.4 is 0 Å². The third-order valence-corrected chi connectivity index (χ3v) is 1.89. The lowest BCUT2D eigenvalue weighted by atomic mass is 9.97. The van der Waals surface area contributed by atoms with Gasteiger partial charge in [0.05, 0.1) is 5.92 Å². The van der Waals surface area contributed by atoms with E-state index >= 15 is 0 Å². The van der Waals surface area contributed by atoms with Crippen LogP contribution >= 0.6 is 0 Å². The molecule has 0 aliphatic rings. The maximum absolute atomic E-state index is 10.6. The molecule has 0 aromatic rings. The minimum Gasteiger partial charge on any atom is -0.481 e. The van der Waals surface area contributed by atoms with E-state index in [1.54, 1.807) is 0 Å². The van der Waals surface area contributed by atoms with Gasteiger partial charge in [-0.25, -0.2) is 0 Å². The number of hydrogen-bond acceptors (Lipinski definition) is 1. The predicted molar refractivity (Wildman–Crippen MR) is 45.6 cm³/mol. The topological polar surface area (TPSA) is 37.3 Å². The van der Waals surface area contributed by atoms with Gasteiger partial charge in [-0.1, -0.05) is 33.1 Å². The van der Waals surface area contributed by atoms with E-state index in [0.29, 0.717) is 0 Å². The van der Waals surface area contributed by atoms with Gasteiger partial charge in [-0.15, -0.1) is 0 Å². The van der Waals surface area contributed by atoms with Crippen LogP contribution in [-0.2, 0) is 4.79 Å². The Morgan fingerprint density at radius 2 is 1.91 bits per heavy atom. The summed E-state index contributed by atoms with van der Waals surface area (Å²) < 4.78 is 0. The second kappa shape index (κ2) is 6.20. The van der Waals surface area contributed by atoms with E-state index in [-0.39, 0.29) is 5.92 Å². The van der Waals surface area contributed by atoms with E-state index in [1.807, 2.05) is 6.92 Å². The van der Waals surface area contributed by atoms with Crippen molar-refractivity contribution in [3.63, 3.8) is 0 Å². The summed E-state index contributed by atoms with van der Waals surface area (Å²) in [6.45, 7) is 4.12. The summed E-state index contributed by atoms with van der Waals surface area (Å²) in [5.74, 6) is -0.722. The highest BCUT2D eigenvalue weighted by atomic mass is 16.4. The molecule has 1 unspecified atom stereocenters. The van der Waals surface area contributed by atoms with Crippen molar-refractivity contribution < 1.29 is 9.90 Å². The van der Waals surface area contributed by atoms with Gasteiger partial charge in [-0.3, -0.25) is 4.79 Å². The minimum atomic E-state index is -0.625. The highest BCUT2D eigenvalue weighted by molar-refractivity contribution is 5.69. The summed E-state index contributed by atoms with van der Waals surface area (Å²) in [5, 5.41) is 8.73. The van der Waals surface area contributed by atoms with Crippen LogP contribution in [-0.4, -0.2) is 11.1 Å². The minimum absolute atomic E-state index is 0.0973. The molecule has 11 heavy (non-hydrogen) atoms. The molecule has 0 aromatic carbocycles. The third kappa shape index (κ3) is 4.82. The van der Waals surface area contributed by atoms with Crippen molar-refractivity contribution >= 4 is 5.97 Å². The molecule has 0 saturated carbocycles. The number of carboxylic acid groups (broad SMARTS) is 1. The maximum Gasteiger partial charge on any atom is 0.306 e. The van der Waals surface area contributed by atoms with Gasteiger partial charge in [0.2, 0.25) is 0 Å². The van der Waals surface area contributed by atoms with Gasteiger partial charge in [0.15, 0.2) is 0 Å². The van der Waals surface area contributed by atoms with Gasteiger partial charge in [0, 0.05) is 0 Å². The first-order valence-corrected chi connectivity index (χ1v) is 4.45. The van der Waals surface area contributed by atoms with Crippen molar-refractivity contribution in [2.24, 2.45) is 5.92 Å². The fraction of sp³-hybridized carbons (Fsp3) is 0.889. The van der Waals surface area contributed by atoms with Crippen LogP contribution in [0.1, 0.15) is 46.0 Å². The number of hydrogen-bond donors (Lipinski definition) is 1. The van der Waals surface area contributed by atoms with Crippen LogP contribution in [0.2, 0.25) is 0 Å². The molecule has 0 aliphatic heterocycles. The first-order valence-electron chi connectivity index (χ1n) is 4.45. The zero-order valence-corrected chi connectivity index (χ0v) is 7.47. The zero-order valence-electron chi connectivity index (χ0n) is 7.47. The Kier molecular flexibility index (Phi) is 5.90. The Balaban J connectivity index is 3.60. The van der Waals surface area contributed by atoms with E-state index in [0.717, 1.165) is 32.1 Å². The number of carboxylic acids is 1. The van der Waals surface area contributed by atoms with E-state index < -0.39 is 5.97 Å². The molecule has 1 atom stereocenters. The molecule has 1 N–H and O–H groups in total. The average molecular weight is 158 g/mol. The van der Waals surface area contributed by atoms with E-state index in [4.69, 9.17) is 5.11 Å². The lowest BCUT2D eigenvalue weighted by Crippen LogP contribution is -2.12. The van der Waals surface area contributed by atoms with Crippen molar-refractivity contribution in [3.05, 3.63) is 0 Å². The SMILES string of the molecule is CCCCC(CCC)C(=O)O. The molecule has 66 valence electrons. The van der Waals surface area contributed by atoms with Gasteiger partial charge in [0.1, 0.15) is 0 Å². The van der Waals surface area contributed by atoms with Crippen LogP contribution in [0.15, 0.2) is 0 Å². The van der Waals surface area contributed by atoms with Crippen molar-refractivity contribution in [2.75, 3.05) is 0 Å². The van der Waals surface area contributed by atoms with Crippen molar-refractivity contribution in [1.82, 2.24) is 0 Å². The summed E-state index contributed by atoms with van der Waals surface area (Å²) in [6.07, 6.45) is 4.78. The molecule has 0 rings (SSSR count). The maximum atomic E-state index is 10.6. The fourth-order valence-corrected chi connectivity index (χ4v) is 1.19. The molecule has 0 bridgehead atoms. The zero-order chi connectivity index (χ0) is 8.69. The Hall–Kier alpha value is -0.530. The average Bonchev–Trinajstić information content (AvgIpc) is 1.97. The molecule has 2 heteroatoms. The van der Waals surface area contributed by atoms with Crippen LogP contribution in [0, 0.1) is 5.92 Å². The number of rotatable bonds is 6. The van der Waals surface area contributed by atoms with Crippen LogP contribution in [0.25, 0.3) is 0 Å². The predicted octanol–water partition coefficient (Wildman–Crippen LogP) is 2.68. The molecule has 2 nitrogen and oxygen atoms in total. The smallest absolute Gasteiger partial charge is 0.306 e. The Morgan fingerprint density at radius 1 is 1.27 bits per heavy atom. The molecule has 0 spiro atoms. The lowest BCUT2D eigenvalue weighted by molar-refractivity contribution is -0.142. The van der Waals surface area contributed by atoms with Gasteiger partial charge in [0.25, 0.3) is 0 Å². The molecule has 0 aliphatic carbocycles. The normalized spacial score (nSPS) is 12.9. The first kappa shape index (κ1) is 10.5. The van der Waals surface area contributed by atoms with Gasteiger partial charge < -0.3 is 5.11 Å². The molecule has 0 saturated heterocycles. The molecule has 0 aromatic heterocycles. The first-order chi connectivity index (χ1) is 5.22. The largest absolute Gasteiger partial charge is 0.481 e. The molecule has 0 heterocycles. The second-order valence-electron chi connectivity index (χ2n) is 2.97. The number of carbonyl (C=O) groups is 1. The summed E-state index contributed by atoms with van der Waals surface area (Å²) in [7, 11) is 0. The standard InChI is InChI=1S/C9H18O2/c1-3-5-7-8(6-4-2)9(10)11/h8H,3-7H2,1-2H3,(H,10,11). The number of aliphatic carboxylic acids is 1. The summed E-state index contributed by atoms with van der Waals surface area (Å²) >= 11 is 0. The summed E-state index contributed by atoms with van der Waals surface area (Å²) in [4.78, 5) is 10.6. The highest BCUT2D eigenvalue weighted by Gasteiger charge is 2.14. The van der Waals surface area contributed by atoms with Crippen molar-refractivity contribution in [2.45, 2.75) is 46.0 Å². The second-order valence-corrected chi connectivity index (χ2v) is 2.97. The Bertz CT molecular complexity index is 110. The van der Waals surface area contributed by atoms with Crippen molar-refractivity contribution in [1.29, 1.82) is 0 Å². The Morgan fingerprint density at radius 3 is 2.27 bits per heavy atom. The van der Waals surface area contributed by atoms with Gasteiger partial charge in [-0.2, -0.15) is 0 Å². The quantitative estimate of drug-likeness (QED) is 0.645. The Labute approximate surface area is 68.6 Å². The van der Waals surface area contributed by atoms with E-state index in [2.05, 4.69) is 6.92 Å².